The van der Waals surface area contributed by atoms with Crippen molar-refractivity contribution >= 4 is 17.3 Å². The lowest BCUT2D eigenvalue weighted by Gasteiger charge is -2.27. The third kappa shape index (κ3) is 3.19. The molecule has 0 amide bonds. The van der Waals surface area contributed by atoms with E-state index in [1.807, 2.05) is 36.4 Å². The molecule has 0 bridgehead atoms. The van der Waals surface area contributed by atoms with Crippen LogP contribution in [0.2, 0.25) is 5.02 Å². The minimum Gasteiger partial charge on any atom is -0.481 e. The minimum atomic E-state index is -0.325. The molecular weight excluding hydrogens is 348 g/mol. The first-order valence-corrected chi connectivity index (χ1v) is 9.57. The Morgan fingerprint density at radius 1 is 1.27 bits per heavy atom. The van der Waals surface area contributed by atoms with E-state index in [0.29, 0.717) is 11.6 Å². The Bertz CT molecular complexity index is 809. The minimum absolute atomic E-state index is 0.199. The largest absolute Gasteiger partial charge is 0.481 e. The highest BCUT2D eigenvalue weighted by Gasteiger charge is 2.64. The lowest BCUT2D eigenvalue weighted by molar-refractivity contribution is 0.134. The van der Waals surface area contributed by atoms with Crippen LogP contribution in [0.3, 0.4) is 0 Å². The number of hydrogen-bond donors (Lipinski definition) is 1. The van der Waals surface area contributed by atoms with Crippen LogP contribution in [0.1, 0.15) is 30.9 Å². The van der Waals surface area contributed by atoms with Gasteiger partial charge in [-0.3, -0.25) is 0 Å². The van der Waals surface area contributed by atoms with E-state index in [1.165, 1.54) is 5.56 Å². The Labute approximate surface area is 159 Å². The number of ether oxygens (including phenoxy) is 1. The third-order valence-corrected chi connectivity index (χ3v) is 5.25. The molecule has 1 saturated carbocycles. The Balaban J connectivity index is 1.59. The van der Waals surface area contributed by atoms with Crippen LogP contribution in [-0.2, 0) is 10.4 Å². The molecule has 2 aromatic rings. The van der Waals surface area contributed by atoms with Crippen LogP contribution in [0, 0.1) is 5.92 Å². The summed E-state index contributed by atoms with van der Waals surface area (Å²) in [6.07, 6.45) is 1.83. The van der Waals surface area contributed by atoms with Crippen LogP contribution >= 0.6 is 11.6 Å². The van der Waals surface area contributed by atoms with Gasteiger partial charge in [-0.2, -0.15) is 0 Å². The predicted octanol–water partition coefficient (Wildman–Crippen LogP) is 4.37. The van der Waals surface area contributed by atoms with Crippen LogP contribution in [0.5, 0.6) is 5.75 Å². The normalized spacial score (nSPS) is 24.5. The topological polar surface area (TPSA) is 42.8 Å². The summed E-state index contributed by atoms with van der Waals surface area (Å²) in [5, 5.41) is 8.48. The summed E-state index contributed by atoms with van der Waals surface area (Å²) in [7, 11) is 0. The zero-order valence-electron chi connectivity index (χ0n) is 14.9. The molecule has 2 atom stereocenters. The van der Waals surface area contributed by atoms with Gasteiger partial charge in [-0.05, 0) is 43.3 Å². The first-order valence-electron chi connectivity index (χ1n) is 9.19. The van der Waals surface area contributed by atoms with E-state index in [9.17, 15) is 0 Å². The highest BCUT2D eigenvalue weighted by atomic mass is 35.5. The smallest absolute Gasteiger partial charge is 0.143 e. The standard InChI is InChI=1S/C21H23ClN2O2/c1-2-23-11-6-12-25-24-20-17-13-16(22)9-10-19(17)26-21(14-18(20)21)15-7-4-3-5-8-15/h3-5,7-10,13,18,23H,2,6,11-12,14H2,1H3. The third-order valence-electron chi connectivity index (χ3n) is 5.01. The molecule has 136 valence electrons. The molecule has 1 aliphatic carbocycles. The number of halogens is 1. The quantitative estimate of drug-likeness (QED) is 0.581. The van der Waals surface area contributed by atoms with E-state index >= 15 is 0 Å². The van der Waals surface area contributed by atoms with Crippen molar-refractivity contribution in [3.05, 3.63) is 64.7 Å². The molecule has 0 radical (unpaired) electrons. The van der Waals surface area contributed by atoms with Crippen LogP contribution < -0.4 is 10.1 Å². The summed E-state index contributed by atoms with van der Waals surface area (Å²) in [4.78, 5) is 5.64. The molecule has 5 heteroatoms. The van der Waals surface area contributed by atoms with Gasteiger partial charge in [-0.15, -0.1) is 0 Å². The predicted molar refractivity (Wildman–Crippen MR) is 104 cm³/mol. The SMILES string of the molecule is CCNCCCON=C1c2cc(Cl)ccc2OC2(c3ccccc3)CC12. The highest BCUT2D eigenvalue weighted by molar-refractivity contribution is 6.31. The summed E-state index contributed by atoms with van der Waals surface area (Å²) in [6.45, 7) is 4.60. The van der Waals surface area contributed by atoms with Crippen LogP contribution in [0.4, 0.5) is 0 Å². The van der Waals surface area contributed by atoms with Crippen molar-refractivity contribution in [2.75, 3.05) is 19.7 Å². The first-order chi connectivity index (χ1) is 12.7. The Morgan fingerprint density at radius 3 is 2.92 bits per heavy atom. The number of rotatable bonds is 7. The van der Waals surface area contributed by atoms with Crippen molar-refractivity contribution in [3.8, 4) is 5.75 Å². The van der Waals surface area contributed by atoms with E-state index in [0.717, 1.165) is 43.0 Å². The summed E-state index contributed by atoms with van der Waals surface area (Å²) in [5.74, 6) is 1.02. The van der Waals surface area contributed by atoms with Gasteiger partial charge in [0, 0.05) is 17.0 Å². The molecule has 1 N–H and O–H groups in total. The van der Waals surface area contributed by atoms with E-state index in [2.05, 4.69) is 29.5 Å². The molecular formula is C21H23ClN2O2. The molecule has 0 aromatic heterocycles. The second-order valence-corrected chi connectivity index (χ2v) is 7.21. The zero-order chi connectivity index (χ0) is 18.0. The molecule has 0 spiro atoms. The van der Waals surface area contributed by atoms with Crippen molar-refractivity contribution in [1.29, 1.82) is 0 Å². The number of nitrogens with zero attached hydrogens (tertiary/aromatic N) is 1. The van der Waals surface area contributed by atoms with Crippen LogP contribution in [-0.4, -0.2) is 25.4 Å². The molecule has 26 heavy (non-hydrogen) atoms. The van der Waals surface area contributed by atoms with Gasteiger partial charge in [-0.25, -0.2) is 0 Å². The highest BCUT2D eigenvalue weighted by Crippen LogP contribution is 2.60. The number of nitrogens with one attached hydrogen (secondary N) is 1. The fourth-order valence-electron chi connectivity index (χ4n) is 3.61. The van der Waals surface area contributed by atoms with Crippen LogP contribution in [0.25, 0.3) is 0 Å². The Morgan fingerprint density at radius 2 is 2.12 bits per heavy atom. The zero-order valence-corrected chi connectivity index (χ0v) is 15.6. The van der Waals surface area contributed by atoms with E-state index in [-0.39, 0.29) is 11.5 Å². The van der Waals surface area contributed by atoms with E-state index in [1.54, 1.807) is 0 Å². The maximum Gasteiger partial charge on any atom is 0.143 e. The maximum absolute atomic E-state index is 6.42. The van der Waals surface area contributed by atoms with Gasteiger partial charge in [0.15, 0.2) is 0 Å². The molecule has 2 aromatic carbocycles. The summed E-state index contributed by atoms with van der Waals surface area (Å²) in [6, 6.07) is 16.1. The van der Waals surface area contributed by atoms with Crippen molar-refractivity contribution in [3.63, 3.8) is 0 Å². The molecule has 2 unspecified atom stereocenters. The molecule has 2 aliphatic rings. The summed E-state index contributed by atoms with van der Waals surface area (Å²) in [5.41, 5.74) is 2.75. The van der Waals surface area contributed by atoms with E-state index < -0.39 is 0 Å². The molecule has 1 fully saturated rings. The Hall–Kier alpha value is -2.04. The maximum atomic E-state index is 6.42. The van der Waals surface area contributed by atoms with E-state index in [4.69, 9.17) is 21.2 Å². The second-order valence-electron chi connectivity index (χ2n) is 6.77. The number of benzene rings is 2. The number of oxime groups is 1. The van der Waals surface area contributed by atoms with Crippen molar-refractivity contribution in [2.24, 2.45) is 11.1 Å². The monoisotopic (exact) mass is 370 g/mol. The summed E-state index contributed by atoms with van der Waals surface area (Å²) >= 11 is 6.21. The van der Waals surface area contributed by atoms with Gasteiger partial charge in [0.25, 0.3) is 0 Å². The average molecular weight is 371 g/mol. The average Bonchev–Trinajstić information content (AvgIpc) is 3.40. The first kappa shape index (κ1) is 17.4. The van der Waals surface area contributed by atoms with Gasteiger partial charge in [0.2, 0.25) is 0 Å². The van der Waals surface area contributed by atoms with Gasteiger partial charge >= 0.3 is 0 Å². The van der Waals surface area contributed by atoms with Gasteiger partial charge in [0.05, 0.1) is 11.6 Å². The van der Waals surface area contributed by atoms with Gasteiger partial charge in [-0.1, -0.05) is 54.0 Å². The lowest BCUT2D eigenvalue weighted by Crippen LogP contribution is -2.28. The molecule has 4 nitrogen and oxygen atoms in total. The fourth-order valence-corrected chi connectivity index (χ4v) is 3.79. The molecule has 4 rings (SSSR count). The van der Waals surface area contributed by atoms with Gasteiger partial charge < -0.3 is 14.9 Å². The van der Waals surface area contributed by atoms with Crippen molar-refractivity contribution in [2.45, 2.75) is 25.4 Å². The molecule has 0 saturated heterocycles. The number of hydrogen-bond acceptors (Lipinski definition) is 4. The fraction of sp³-hybridized carbons (Fsp3) is 0.381. The lowest BCUT2D eigenvalue weighted by atomic mass is 9.96. The van der Waals surface area contributed by atoms with Crippen LogP contribution in [0.15, 0.2) is 53.7 Å². The second kappa shape index (κ2) is 7.29. The Kier molecular flexibility index (Phi) is 4.88. The summed E-state index contributed by atoms with van der Waals surface area (Å²) < 4.78 is 6.42. The number of fused-ring (bicyclic) bond motifs is 2. The van der Waals surface area contributed by atoms with Gasteiger partial charge in [0.1, 0.15) is 18.0 Å². The van der Waals surface area contributed by atoms with Crippen molar-refractivity contribution < 1.29 is 9.57 Å². The molecule has 1 aliphatic heterocycles. The van der Waals surface area contributed by atoms with Crippen molar-refractivity contribution in [1.82, 2.24) is 5.32 Å². The molecule has 1 heterocycles.